The maximum atomic E-state index is 13.3. The molecular weight excluding hydrogens is 430 g/mol. The third-order valence-electron chi connectivity index (χ3n) is 10.1. The summed E-state index contributed by atoms with van der Waals surface area (Å²) >= 11 is 0. The summed E-state index contributed by atoms with van der Waals surface area (Å²) in [5, 5.41) is 14.0. The highest BCUT2D eigenvalue weighted by atomic mass is 16.6. The Morgan fingerprint density at radius 2 is 1.76 bits per heavy atom. The molecule has 7 nitrogen and oxygen atoms in total. The molecule has 3 saturated heterocycles. The van der Waals surface area contributed by atoms with Crippen molar-refractivity contribution >= 4 is 17.3 Å². The minimum absolute atomic E-state index is 0.0557. The van der Waals surface area contributed by atoms with Crippen LogP contribution < -0.4 is 15.1 Å². The third kappa shape index (κ3) is 1.91. The molecule has 2 aromatic rings. The molecule has 7 heteroatoms. The Morgan fingerprint density at radius 1 is 1.06 bits per heavy atom. The maximum absolute atomic E-state index is 13.3. The third-order valence-corrected chi connectivity index (χ3v) is 10.1. The van der Waals surface area contributed by atoms with Gasteiger partial charge in [-0.2, -0.15) is 0 Å². The van der Waals surface area contributed by atoms with E-state index in [1.807, 2.05) is 0 Å². The molecule has 0 aromatic heterocycles. The van der Waals surface area contributed by atoms with Gasteiger partial charge in [-0.25, -0.2) is 0 Å². The molecule has 4 fully saturated rings. The first-order chi connectivity index (χ1) is 16.5. The molecule has 34 heavy (non-hydrogen) atoms. The number of anilines is 2. The van der Waals surface area contributed by atoms with Crippen LogP contribution in [0.2, 0.25) is 0 Å². The Balaban J connectivity index is 1.45. The lowest BCUT2D eigenvalue weighted by atomic mass is 9.61. The molecule has 0 spiro atoms. The molecule has 176 valence electrons. The monoisotopic (exact) mass is 459 g/mol. The Kier molecular flexibility index (Phi) is 3.55. The number of aliphatic hydroxyl groups is 1. The number of carbonyl (C=O) groups is 1. The quantitative estimate of drug-likeness (QED) is 0.717. The lowest BCUT2D eigenvalue weighted by molar-refractivity contribution is -0.155. The average Bonchev–Trinajstić information content (AvgIpc) is 3.55. The summed E-state index contributed by atoms with van der Waals surface area (Å²) in [5.41, 5.74) is 3.13. The second-order valence-electron chi connectivity index (χ2n) is 11.0. The van der Waals surface area contributed by atoms with Crippen molar-refractivity contribution < 1.29 is 19.4 Å². The highest BCUT2D eigenvalue weighted by Gasteiger charge is 2.74. The highest BCUT2D eigenvalue weighted by molar-refractivity contribution is 5.86. The Hall–Kier alpha value is -2.61. The van der Waals surface area contributed by atoms with E-state index in [1.54, 1.807) is 7.11 Å². The van der Waals surface area contributed by atoms with E-state index in [2.05, 4.69) is 70.6 Å². The van der Waals surface area contributed by atoms with Crippen LogP contribution >= 0.6 is 0 Å². The molecule has 2 bridgehead atoms. The van der Waals surface area contributed by atoms with Crippen LogP contribution in [0.4, 0.5) is 11.4 Å². The zero-order valence-corrected chi connectivity index (χ0v) is 19.3. The van der Waals surface area contributed by atoms with Gasteiger partial charge in [-0.3, -0.25) is 4.79 Å². The molecule has 5 heterocycles. The van der Waals surface area contributed by atoms with Crippen molar-refractivity contribution in [3.05, 3.63) is 59.7 Å². The molecule has 9 atom stereocenters. The van der Waals surface area contributed by atoms with Gasteiger partial charge in [0.05, 0.1) is 24.6 Å². The molecule has 2 aromatic carbocycles. The van der Waals surface area contributed by atoms with Crippen LogP contribution in [-0.4, -0.2) is 60.9 Å². The summed E-state index contributed by atoms with van der Waals surface area (Å²) in [6.07, 6.45) is 0.317. The Labute approximate surface area is 198 Å². The van der Waals surface area contributed by atoms with E-state index >= 15 is 0 Å². The van der Waals surface area contributed by atoms with Crippen molar-refractivity contribution in [1.29, 1.82) is 0 Å². The van der Waals surface area contributed by atoms with Crippen LogP contribution in [0.15, 0.2) is 48.5 Å². The first kappa shape index (κ1) is 19.7. The van der Waals surface area contributed by atoms with E-state index < -0.39 is 11.3 Å². The SMILES string of the molecule is COC1(CO)CC2OC1(C)N1c3ccccc3C3C4CNC(=O)C4C4c5ccccc5N2C4C31. The largest absolute Gasteiger partial charge is 0.393 e. The predicted molar refractivity (Wildman–Crippen MR) is 126 cm³/mol. The van der Waals surface area contributed by atoms with Gasteiger partial charge < -0.3 is 29.7 Å². The fourth-order valence-corrected chi connectivity index (χ4v) is 8.81. The van der Waals surface area contributed by atoms with Crippen molar-refractivity contribution in [3.63, 3.8) is 0 Å². The fraction of sp³-hybridized carbons (Fsp3) is 0.519. The molecule has 6 aliphatic rings. The Bertz CT molecular complexity index is 1230. The number of aliphatic hydroxyl groups excluding tert-OH is 1. The first-order valence-electron chi connectivity index (χ1n) is 12.4. The van der Waals surface area contributed by atoms with E-state index in [1.165, 1.54) is 11.1 Å². The minimum Gasteiger partial charge on any atom is -0.393 e. The number of hydrogen-bond donors (Lipinski definition) is 2. The number of nitrogens with zero attached hydrogens (tertiary/aromatic N) is 2. The van der Waals surface area contributed by atoms with Gasteiger partial charge in [-0.05, 0) is 36.1 Å². The molecular formula is C27H29N3O4. The summed E-state index contributed by atoms with van der Waals surface area (Å²) in [4.78, 5) is 18.2. The van der Waals surface area contributed by atoms with Gasteiger partial charge in [-0.15, -0.1) is 0 Å². The normalized spacial score (nSPS) is 44.3. The van der Waals surface area contributed by atoms with Crippen LogP contribution in [0.3, 0.4) is 0 Å². The number of methoxy groups -OCH3 is 1. The van der Waals surface area contributed by atoms with Crippen molar-refractivity contribution in [1.82, 2.24) is 5.32 Å². The molecule has 1 amide bonds. The summed E-state index contributed by atoms with van der Waals surface area (Å²) < 4.78 is 13.1. The van der Waals surface area contributed by atoms with E-state index in [4.69, 9.17) is 9.47 Å². The summed E-state index contributed by atoms with van der Waals surface area (Å²) in [7, 11) is 1.69. The lowest BCUT2D eigenvalue weighted by Gasteiger charge is -2.54. The molecule has 8 rings (SSSR count). The van der Waals surface area contributed by atoms with Crippen LogP contribution in [0, 0.1) is 11.8 Å². The summed E-state index contributed by atoms with van der Waals surface area (Å²) in [6, 6.07) is 17.4. The predicted octanol–water partition coefficient (Wildman–Crippen LogP) is 2.16. The number of fused-ring (bicyclic) bond motifs is 13. The van der Waals surface area contributed by atoms with Gasteiger partial charge >= 0.3 is 0 Å². The van der Waals surface area contributed by atoms with Gasteiger partial charge in [0.25, 0.3) is 0 Å². The van der Waals surface area contributed by atoms with E-state index in [-0.39, 0.29) is 54.5 Å². The van der Waals surface area contributed by atoms with Gasteiger partial charge in [0.2, 0.25) is 5.91 Å². The highest BCUT2D eigenvalue weighted by Crippen LogP contribution is 2.67. The average molecular weight is 460 g/mol. The van der Waals surface area contributed by atoms with Gasteiger partial charge in [0, 0.05) is 43.3 Å². The van der Waals surface area contributed by atoms with Crippen molar-refractivity contribution in [2.75, 3.05) is 30.1 Å². The zero-order valence-electron chi connectivity index (χ0n) is 19.3. The number of benzene rings is 2. The maximum Gasteiger partial charge on any atom is 0.224 e. The fourth-order valence-electron chi connectivity index (χ4n) is 8.81. The molecule has 2 N–H and O–H groups in total. The van der Waals surface area contributed by atoms with Gasteiger partial charge in [0.1, 0.15) is 11.8 Å². The molecule has 1 saturated carbocycles. The number of para-hydroxylation sites is 2. The number of hydrogen-bond acceptors (Lipinski definition) is 6. The minimum atomic E-state index is -0.863. The standard InChI is InChI=1S/C27H29N3O4/c1-26-27(13-31,33-2)11-19(34-26)29-17-9-5-3-7-14(17)21-22-16(12-28-25(22)32)20-15-8-4-6-10-18(15)30(26)24(20)23(21)29/h3-10,16,19-24,31H,11-13H2,1-2H3,(H,28,32). The smallest absolute Gasteiger partial charge is 0.224 e. The molecule has 0 radical (unpaired) electrons. The van der Waals surface area contributed by atoms with E-state index in [9.17, 15) is 9.90 Å². The van der Waals surface area contributed by atoms with E-state index in [0.717, 1.165) is 11.4 Å². The lowest BCUT2D eigenvalue weighted by Crippen LogP contribution is -2.69. The second-order valence-corrected chi connectivity index (χ2v) is 11.0. The van der Waals surface area contributed by atoms with Crippen LogP contribution in [0.25, 0.3) is 0 Å². The van der Waals surface area contributed by atoms with Crippen LogP contribution in [0.5, 0.6) is 0 Å². The second kappa shape index (κ2) is 6.14. The molecule has 9 unspecified atom stereocenters. The van der Waals surface area contributed by atoms with Gasteiger partial charge in [0.15, 0.2) is 5.72 Å². The van der Waals surface area contributed by atoms with Crippen molar-refractivity contribution in [2.24, 2.45) is 11.8 Å². The summed E-state index contributed by atoms with van der Waals surface area (Å²) in [5.74, 6) is 0.652. The Morgan fingerprint density at radius 3 is 2.50 bits per heavy atom. The number of carbonyl (C=O) groups excluding carboxylic acids is 1. The van der Waals surface area contributed by atoms with Crippen LogP contribution in [-0.2, 0) is 14.3 Å². The van der Waals surface area contributed by atoms with Crippen molar-refractivity contribution in [3.8, 4) is 0 Å². The molecule has 1 aliphatic carbocycles. The first-order valence-corrected chi connectivity index (χ1v) is 12.4. The topological polar surface area (TPSA) is 74.3 Å². The number of nitrogens with one attached hydrogen (secondary N) is 1. The number of ether oxygens (including phenoxy) is 2. The van der Waals surface area contributed by atoms with Gasteiger partial charge in [-0.1, -0.05) is 36.4 Å². The molecule has 5 aliphatic heterocycles. The summed E-state index contributed by atoms with van der Waals surface area (Å²) in [6.45, 7) is 2.68. The number of rotatable bonds is 2. The zero-order chi connectivity index (χ0) is 23.0. The van der Waals surface area contributed by atoms with Crippen molar-refractivity contribution in [2.45, 2.75) is 54.8 Å². The van der Waals surface area contributed by atoms with Crippen LogP contribution in [0.1, 0.15) is 36.3 Å². The van der Waals surface area contributed by atoms with E-state index in [0.29, 0.717) is 13.0 Å². The number of amides is 1.